The predicted octanol–water partition coefficient (Wildman–Crippen LogP) is 4.75. The molecule has 0 unspecified atom stereocenters. The van der Waals surface area contributed by atoms with E-state index >= 15 is 0 Å². The number of nitrogens with one attached hydrogen (secondary N) is 1. The van der Waals surface area contributed by atoms with Gasteiger partial charge in [-0.2, -0.15) is 4.98 Å². The standard InChI is InChI=1S/C22H21F2N3O5S/c1-4-30-20(28)10-16-11-33-22(25-16)27-21(29)13-5-18(31-12(2)3)26-19(6-13)32-17-8-14(23)7-15(24)9-17/h5-9,11-12H,4,10H2,1-3H3,(H,25,27,29). The molecule has 3 rings (SSSR count). The fourth-order valence-electron chi connectivity index (χ4n) is 2.65. The van der Waals surface area contributed by atoms with Crippen LogP contribution in [0.1, 0.15) is 36.8 Å². The van der Waals surface area contributed by atoms with Crippen molar-refractivity contribution >= 4 is 28.3 Å². The smallest absolute Gasteiger partial charge is 0.311 e. The summed E-state index contributed by atoms with van der Waals surface area (Å²) in [5.74, 6) is -2.73. The van der Waals surface area contributed by atoms with E-state index < -0.39 is 23.5 Å². The van der Waals surface area contributed by atoms with Gasteiger partial charge in [0.25, 0.3) is 5.91 Å². The Labute approximate surface area is 192 Å². The molecule has 0 radical (unpaired) electrons. The van der Waals surface area contributed by atoms with Crippen molar-refractivity contribution in [1.82, 2.24) is 9.97 Å². The summed E-state index contributed by atoms with van der Waals surface area (Å²) in [6.45, 7) is 5.52. The molecule has 0 aliphatic rings. The number of carbonyl (C=O) groups is 2. The molecule has 0 bridgehead atoms. The van der Waals surface area contributed by atoms with Crippen molar-refractivity contribution in [2.75, 3.05) is 11.9 Å². The molecule has 2 aromatic heterocycles. The lowest BCUT2D eigenvalue weighted by Crippen LogP contribution is -2.14. The molecular weight excluding hydrogens is 456 g/mol. The molecule has 1 N–H and O–H groups in total. The maximum atomic E-state index is 13.5. The van der Waals surface area contributed by atoms with Crippen molar-refractivity contribution < 1.29 is 32.6 Å². The van der Waals surface area contributed by atoms with Crippen LogP contribution >= 0.6 is 11.3 Å². The van der Waals surface area contributed by atoms with E-state index in [1.807, 2.05) is 0 Å². The van der Waals surface area contributed by atoms with E-state index in [1.165, 1.54) is 12.1 Å². The first kappa shape index (κ1) is 24.1. The number of aromatic nitrogens is 2. The second-order valence-electron chi connectivity index (χ2n) is 6.99. The lowest BCUT2D eigenvalue weighted by atomic mass is 10.2. The highest BCUT2D eigenvalue weighted by Crippen LogP contribution is 2.26. The molecule has 0 saturated heterocycles. The van der Waals surface area contributed by atoms with Gasteiger partial charge in [0.2, 0.25) is 11.8 Å². The first-order valence-corrected chi connectivity index (χ1v) is 10.8. The zero-order chi connectivity index (χ0) is 24.0. The molecule has 8 nitrogen and oxygen atoms in total. The molecule has 0 atom stereocenters. The molecule has 1 amide bonds. The zero-order valence-corrected chi connectivity index (χ0v) is 18.9. The lowest BCUT2D eigenvalue weighted by molar-refractivity contribution is -0.142. The first-order chi connectivity index (χ1) is 15.7. The highest BCUT2D eigenvalue weighted by atomic mass is 32.1. The number of rotatable bonds is 9. The van der Waals surface area contributed by atoms with Crippen LogP contribution in [-0.4, -0.2) is 34.6 Å². The largest absolute Gasteiger partial charge is 0.475 e. The second kappa shape index (κ2) is 10.8. The van der Waals surface area contributed by atoms with Crippen molar-refractivity contribution in [3.63, 3.8) is 0 Å². The minimum absolute atomic E-state index is 0.00989. The Bertz CT molecular complexity index is 1130. The first-order valence-electron chi connectivity index (χ1n) is 9.96. The van der Waals surface area contributed by atoms with Crippen LogP contribution in [0.15, 0.2) is 35.7 Å². The highest BCUT2D eigenvalue weighted by Gasteiger charge is 2.16. The van der Waals surface area contributed by atoms with Crippen molar-refractivity contribution in [3.05, 3.63) is 58.6 Å². The van der Waals surface area contributed by atoms with Gasteiger partial charge in [-0.05, 0) is 20.8 Å². The van der Waals surface area contributed by atoms with Gasteiger partial charge in [0, 0.05) is 35.7 Å². The van der Waals surface area contributed by atoms with Crippen LogP contribution in [0, 0.1) is 11.6 Å². The van der Waals surface area contributed by atoms with Crippen LogP contribution in [0.2, 0.25) is 0 Å². The summed E-state index contributed by atoms with van der Waals surface area (Å²) in [4.78, 5) is 32.7. The normalized spacial score (nSPS) is 10.7. The molecule has 174 valence electrons. The summed E-state index contributed by atoms with van der Waals surface area (Å²) in [7, 11) is 0. The maximum absolute atomic E-state index is 13.5. The van der Waals surface area contributed by atoms with Crippen LogP contribution in [0.5, 0.6) is 17.5 Å². The van der Waals surface area contributed by atoms with Crippen LogP contribution < -0.4 is 14.8 Å². The second-order valence-corrected chi connectivity index (χ2v) is 7.84. The number of pyridine rings is 1. The van der Waals surface area contributed by atoms with Gasteiger partial charge >= 0.3 is 5.97 Å². The number of ether oxygens (including phenoxy) is 3. The number of thiazole rings is 1. The highest BCUT2D eigenvalue weighted by molar-refractivity contribution is 7.14. The number of nitrogens with zero attached hydrogens (tertiary/aromatic N) is 2. The number of carbonyl (C=O) groups excluding carboxylic acids is 2. The van der Waals surface area contributed by atoms with E-state index in [4.69, 9.17) is 14.2 Å². The van der Waals surface area contributed by atoms with Crippen molar-refractivity contribution in [2.24, 2.45) is 0 Å². The molecule has 0 fully saturated rings. The molecule has 3 aromatic rings. The van der Waals surface area contributed by atoms with E-state index in [1.54, 1.807) is 26.2 Å². The molecule has 33 heavy (non-hydrogen) atoms. The fraction of sp³-hybridized carbons (Fsp3) is 0.273. The van der Waals surface area contributed by atoms with Gasteiger partial charge in [0.15, 0.2) is 5.13 Å². The molecular formula is C22H21F2N3O5S. The number of hydrogen-bond donors (Lipinski definition) is 1. The van der Waals surface area contributed by atoms with E-state index in [2.05, 4.69) is 15.3 Å². The van der Waals surface area contributed by atoms with Crippen LogP contribution in [0.3, 0.4) is 0 Å². The maximum Gasteiger partial charge on any atom is 0.311 e. The van der Waals surface area contributed by atoms with Gasteiger partial charge in [-0.1, -0.05) is 0 Å². The Morgan fingerprint density at radius 2 is 1.76 bits per heavy atom. The summed E-state index contributed by atoms with van der Waals surface area (Å²) in [6.07, 6.45) is -0.260. The monoisotopic (exact) mass is 477 g/mol. The summed E-state index contributed by atoms with van der Waals surface area (Å²) in [5.41, 5.74) is 0.583. The van der Waals surface area contributed by atoms with E-state index in [0.717, 1.165) is 23.5 Å². The van der Waals surface area contributed by atoms with E-state index in [-0.39, 0.29) is 47.3 Å². The van der Waals surface area contributed by atoms with Gasteiger partial charge in [0.05, 0.1) is 30.4 Å². The summed E-state index contributed by atoms with van der Waals surface area (Å²) >= 11 is 1.15. The number of hydrogen-bond acceptors (Lipinski definition) is 8. The fourth-order valence-corrected chi connectivity index (χ4v) is 3.35. The topological polar surface area (TPSA) is 99.6 Å². The predicted molar refractivity (Wildman–Crippen MR) is 117 cm³/mol. The molecule has 1 aromatic carbocycles. The third-order valence-corrected chi connectivity index (χ3v) is 4.66. The lowest BCUT2D eigenvalue weighted by Gasteiger charge is -2.13. The van der Waals surface area contributed by atoms with Crippen LogP contribution in [-0.2, 0) is 16.0 Å². The third-order valence-electron chi connectivity index (χ3n) is 3.86. The van der Waals surface area contributed by atoms with E-state index in [0.29, 0.717) is 11.8 Å². The van der Waals surface area contributed by atoms with Gasteiger partial charge in [-0.15, -0.1) is 11.3 Å². The number of benzene rings is 1. The van der Waals surface area contributed by atoms with Crippen molar-refractivity contribution in [3.8, 4) is 17.5 Å². The Morgan fingerprint density at radius 3 is 2.42 bits per heavy atom. The Hall–Kier alpha value is -3.60. The number of halogens is 2. The number of anilines is 1. The molecule has 2 heterocycles. The van der Waals surface area contributed by atoms with Crippen molar-refractivity contribution in [2.45, 2.75) is 33.3 Å². The summed E-state index contributed by atoms with van der Waals surface area (Å²) < 4.78 is 42.9. The SMILES string of the molecule is CCOC(=O)Cc1csc(NC(=O)c2cc(Oc3cc(F)cc(F)c3)nc(OC(C)C)c2)n1. The molecule has 0 aliphatic carbocycles. The Morgan fingerprint density at radius 1 is 1.06 bits per heavy atom. The molecule has 11 heteroatoms. The molecule has 0 spiro atoms. The quantitative estimate of drug-likeness (QED) is 0.444. The summed E-state index contributed by atoms with van der Waals surface area (Å²) in [5, 5.41) is 4.54. The van der Waals surface area contributed by atoms with Gasteiger partial charge < -0.3 is 14.2 Å². The van der Waals surface area contributed by atoms with Gasteiger partial charge in [-0.25, -0.2) is 13.8 Å². The molecule has 0 saturated carbocycles. The van der Waals surface area contributed by atoms with Gasteiger partial charge in [0.1, 0.15) is 17.4 Å². The van der Waals surface area contributed by atoms with Crippen molar-refractivity contribution in [1.29, 1.82) is 0 Å². The third kappa shape index (κ3) is 7.21. The van der Waals surface area contributed by atoms with Crippen LogP contribution in [0.4, 0.5) is 13.9 Å². The zero-order valence-electron chi connectivity index (χ0n) is 18.1. The number of esters is 1. The van der Waals surface area contributed by atoms with E-state index in [9.17, 15) is 18.4 Å². The number of amides is 1. The average Bonchev–Trinajstić information content (AvgIpc) is 3.13. The average molecular weight is 477 g/mol. The Balaban J connectivity index is 1.80. The minimum Gasteiger partial charge on any atom is -0.475 e. The minimum atomic E-state index is -0.819. The Kier molecular flexibility index (Phi) is 7.88. The summed E-state index contributed by atoms with van der Waals surface area (Å²) in [6, 6.07) is 5.39. The molecule has 0 aliphatic heterocycles. The van der Waals surface area contributed by atoms with Gasteiger partial charge in [-0.3, -0.25) is 14.9 Å². The van der Waals surface area contributed by atoms with Crippen LogP contribution in [0.25, 0.3) is 0 Å².